The van der Waals surface area contributed by atoms with Gasteiger partial charge in [0, 0.05) is 24.0 Å². The predicted octanol–water partition coefficient (Wildman–Crippen LogP) is 3.92. The molecule has 0 spiro atoms. The van der Waals surface area contributed by atoms with Crippen LogP contribution in [0.3, 0.4) is 0 Å². The first kappa shape index (κ1) is 19.4. The first-order valence-electron chi connectivity index (χ1n) is 10.1. The molecule has 1 aliphatic rings. The molecular formula is C23H20F2N4O2. The topological polar surface area (TPSA) is 72.9 Å². The van der Waals surface area contributed by atoms with Crippen LogP contribution in [-0.2, 0) is 30.6 Å². The minimum Gasteiger partial charge on any atom is -0.481 e. The van der Waals surface area contributed by atoms with Crippen LogP contribution in [-0.4, -0.2) is 30.6 Å². The average Bonchev–Trinajstić information content (AvgIpc) is 3.33. The summed E-state index contributed by atoms with van der Waals surface area (Å²) in [4.78, 5) is 11.4. The second kappa shape index (κ2) is 7.61. The fourth-order valence-corrected chi connectivity index (χ4v) is 4.64. The van der Waals surface area contributed by atoms with Gasteiger partial charge in [0.1, 0.15) is 11.6 Å². The van der Waals surface area contributed by atoms with Crippen molar-refractivity contribution in [2.75, 3.05) is 0 Å². The van der Waals surface area contributed by atoms with Crippen molar-refractivity contribution in [2.45, 2.75) is 38.3 Å². The van der Waals surface area contributed by atoms with Gasteiger partial charge in [-0.1, -0.05) is 29.5 Å². The zero-order valence-corrected chi connectivity index (χ0v) is 16.6. The first-order chi connectivity index (χ1) is 15.0. The molecule has 0 aliphatic carbocycles. The van der Waals surface area contributed by atoms with Crippen molar-refractivity contribution in [1.29, 1.82) is 0 Å². The van der Waals surface area contributed by atoms with Crippen LogP contribution in [0.15, 0.2) is 48.7 Å². The van der Waals surface area contributed by atoms with E-state index in [-0.39, 0.29) is 24.1 Å². The summed E-state index contributed by atoms with van der Waals surface area (Å²) < 4.78 is 31.7. The van der Waals surface area contributed by atoms with Crippen molar-refractivity contribution in [3.63, 3.8) is 0 Å². The molecule has 4 aromatic rings. The molecule has 0 saturated carbocycles. The van der Waals surface area contributed by atoms with E-state index in [1.807, 2.05) is 9.25 Å². The lowest BCUT2D eigenvalue weighted by molar-refractivity contribution is -0.136. The van der Waals surface area contributed by atoms with E-state index < -0.39 is 5.97 Å². The minimum absolute atomic E-state index is 0.0432. The number of carboxylic acids is 1. The van der Waals surface area contributed by atoms with Crippen LogP contribution in [0.25, 0.3) is 10.9 Å². The number of aromatic nitrogens is 4. The monoisotopic (exact) mass is 422 g/mol. The van der Waals surface area contributed by atoms with E-state index in [1.165, 1.54) is 18.2 Å². The number of hydrogen-bond acceptors (Lipinski definition) is 3. The maximum atomic E-state index is 14.8. The molecule has 31 heavy (non-hydrogen) atoms. The number of aliphatic carboxylic acids is 1. The number of benzene rings is 2. The van der Waals surface area contributed by atoms with E-state index in [2.05, 4.69) is 10.3 Å². The van der Waals surface area contributed by atoms with Gasteiger partial charge in [0.25, 0.3) is 0 Å². The number of para-hydroxylation sites is 1. The van der Waals surface area contributed by atoms with Gasteiger partial charge in [0.2, 0.25) is 0 Å². The number of fused-ring (bicyclic) bond motifs is 3. The molecule has 2 aromatic carbocycles. The summed E-state index contributed by atoms with van der Waals surface area (Å²) in [7, 11) is 0. The molecule has 2 aromatic heterocycles. The summed E-state index contributed by atoms with van der Waals surface area (Å²) >= 11 is 0. The molecule has 0 amide bonds. The number of nitrogens with zero attached hydrogens (tertiary/aromatic N) is 4. The van der Waals surface area contributed by atoms with Crippen LogP contribution >= 0.6 is 0 Å². The first-order valence-corrected chi connectivity index (χ1v) is 10.1. The van der Waals surface area contributed by atoms with Gasteiger partial charge in [0.15, 0.2) is 0 Å². The van der Waals surface area contributed by atoms with Crippen molar-refractivity contribution in [3.8, 4) is 0 Å². The van der Waals surface area contributed by atoms with E-state index >= 15 is 0 Å². The highest BCUT2D eigenvalue weighted by Gasteiger charge is 2.29. The SMILES string of the molecule is O=C(O)Cc1c2n(c3c(F)cccc13)CC(n1nncc1Cc1ccc(F)cc1)CC2. The smallest absolute Gasteiger partial charge is 0.307 e. The second-order valence-corrected chi connectivity index (χ2v) is 7.91. The van der Waals surface area contributed by atoms with Gasteiger partial charge in [-0.25, -0.2) is 13.5 Å². The molecular weight excluding hydrogens is 402 g/mol. The van der Waals surface area contributed by atoms with E-state index in [0.29, 0.717) is 35.9 Å². The van der Waals surface area contributed by atoms with Gasteiger partial charge in [-0.2, -0.15) is 0 Å². The van der Waals surface area contributed by atoms with Gasteiger partial charge < -0.3 is 9.67 Å². The highest BCUT2D eigenvalue weighted by atomic mass is 19.1. The summed E-state index contributed by atoms with van der Waals surface area (Å²) in [5, 5.41) is 18.4. The quantitative estimate of drug-likeness (QED) is 0.529. The number of halogens is 2. The van der Waals surface area contributed by atoms with Crippen molar-refractivity contribution < 1.29 is 18.7 Å². The number of carbonyl (C=O) groups is 1. The molecule has 1 atom stereocenters. The Morgan fingerprint density at radius 2 is 1.97 bits per heavy atom. The molecule has 8 heteroatoms. The van der Waals surface area contributed by atoms with Crippen LogP contribution in [0.5, 0.6) is 0 Å². The predicted molar refractivity (Wildman–Crippen MR) is 110 cm³/mol. The Labute approximate surface area is 176 Å². The molecule has 158 valence electrons. The average molecular weight is 422 g/mol. The molecule has 5 rings (SSSR count). The van der Waals surface area contributed by atoms with Crippen LogP contribution in [0.4, 0.5) is 8.78 Å². The van der Waals surface area contributed by atoms with Gasteiger partial charge in [-0.3, -0.25) is 4.79 Å². The molecule has 0 saturated heterocycles. The van der Waals surface area contributed by atoms with E-state index in [9.17, 15) is 18.7 Å². The normalized spacial score (nSPS) is 15.9. The van der Waals surface area contributed by atoms with Gasteiger partial charge in [-0.05, 0) is 42.2 Å². The van der Waals surface area contributed by atoms with Crippen LogP contribution in [0.2, 0.25) is 0 Å². The highest BCUT2D eigenvalue weighted by Crippen LogP contribution is 2.36. The third-order valence-corrected chi connectivity index (χ3v) is 5.99. The molecule has 6 nitrogen and oxygen atoms in total. The van der Waals surface area contributed by atoms with Gasteiger partial charge in [0.05, 0.1) is 29.9 Å². The maximum absolute atomic E-state index is 14.8. The summed E-state index contributed by atoms with van der Waals surface area (Å²) in [5.74, 6) is -1.57. The standard InChI is InChI=1S/C23H20F2N4O2/c24-15-6-4-14(5-7-15)10-17-12-26-27-29(17)16-8-9-21-19(11-22(30)31)18-2-1-3-20(25)23(18)28(21)13-16/h1-7,12,16H,8-11,13H2,(H,30,31). The maximum Gasteiger partial charge on any atom is 0.307 e. The van der Waals surface area contributed by atoms with Crippen molar-refractivity contribution in [2.24, 2.45) is 0 Å². The molecule has 3 heterocycles. The molecule has 1 aliphatic heterocycles. The Morgan fingerprint density at radius 1 is 1.16 bits per heavy atom. The van der Waals surface area contributed by atoms with Crippen LogP contribution in [0.1, 0.15) is 35.0 Å². The minimum atomic E-state index is -0.931. The molecule has 0 radical (unpaired) electrons. The third kappa shape index (κ3) is 3.48. The fraction of sp³-hybridized carbons (Fsp3) is 0.261. The Hall–Kier alpha value is -3.55. The molecule has 1 N–H and O–H groups in total. The molecule has 0 bridgehead atoms. The lowest BCUT2D eigenvalue weighted by atomic mass is 10.00. The number of carboxylic acid groups (broad SMARTS) is 1. The summed E-state index contributed by atoms with van der Waals surface area (Å²) in [6.07, 6.45) is 3.48. The van der Waals surface area contributed by atoms with E-state index in [4.69, 9.17) is 0 Å². The van der Waals surface area contributed by atoms with Crippen molar-refractivity contribution >= 4 is 16.9 Å². The third-order valence-electron chi connectivity index (χ3n) is 5.99. The zero-order valence-electron chi connectivity index (χ0n) is 16.6. The van der Waals surface area contributed by atoms with Crippen molar-refractivity contribution in [3.05, 3.63) is 82.8 Å². The molecule has 0 fully saturated rings. The second-order valence-electron chi connectivity index (χ2n) is 7.91. The summed E-state index contributed by atoms with van der Waals surface area (Å²) in [6.45, 7) is 0.478. The largest absolute Gasteiger partial charge is 0.481 e. The Bertz CT molecular complexity index is 1280. The van der Waals surface area contributed by atoms with E-state index in [1.54, 1.807) is 30.5 Å². The van der Waals surface area contributed by atoms with Crippen LogP contribution < -0.4 is 0 Å². The lowest BCUT2D eigenvalue weighted by Gasteiger charge is -2.27. The van der Waals surface area contributed by atoms with E-state index in [0.717, 1.165) is 23.4 Å². The molecule has 1 unspecified atom stereocenters. The van der Waals surface area contributed by atoms with Crippen LogP contribution in [0, 0.1) is 11.6 Å². The Balaban J connectivity index is 1.51. The Morgan fingerprint density at radius 3 is 2.74 bits per heavy atom. The fourth-order valence-electron chi connectivity index (χ4n) is 4.64. The summed E-state index contributed by atoms with van der Waals surface area (Å²) in [5.41, 5.74) is 3.84. The highest BCUT2D eigenvalue weighted by molar-refractivity contribution is 5.89. The summed E-state index contributed by atoms with van der Waals surface area (Å²) in [6, 6.07) is 11.1. The number of rotatable bonds is 5. The van der Waals surface area contributed by atoms with Gasteiger partial charge in [-0.15, -0.1) is 5.10 Å². The zero-order chi connectivity index (χ0) is 21.5. The van der Waals surface area contributed by atoms with Crippen molar-refractivity contribution in [1.82, 2.24) is 19.6 Å². The van der Waals surface area contributed by atoms with Gasteiger partial charge >= 0.3 is 5.97 Å². The lowest BCUT2D eigenvalue weighted by Crippen LogP contribution is -2.26. The Kier molecular flexibility index (Phi) is 4.77. The number of hydrogen-bond donors (Lipinski definition) is 1.